The summed E-state index contributed by atoms with van der Waals surface area (Å²) in [5.74, 6) is -0.801. The Hall–Kier alpha value is -3.16. The third kappa shape index (κ3) is 6.27. The number of carbonyl (C=O) groups excluding carboxylic acids is 2. The Labute approximate surface area is 226 Å². The van der Waals surface area contributed by atoms with Gasteiger partial charge in [-0.05, 0) is 35.1 Å². The number of hydrogen-bond donors (Lipinski definition) is 1. The van der Waals surface area contributed by atoms with Gasteiger partial charge in [-0.2, -0.15) is 0 Å². The Balaban J connectivity index is 1.71. The Morgan fingerprint density at radius 1 is 1.05 bits per heavy atom. The fraction of sp³-hybridized carbons (Fsp3) is 0.484. The number of aliphatic hydroxyl groups is 1. The van der Waals surface area contributed by atoms with Crippen molar-refractivity contribution in [2.75, 3.05) is 46.0 Å². The second-order valence-electron chi connectivity index (χ2n) is 11.0. The van der Waals surface area contributed by atoms with E-state index in [9.17, 15) is 14.7 Å². The van der Waals surface area contributed by atoms with Crippen molar-refractivity contribution >= 4 is 17.4 Å². The highest BCUT2D eigenvalue weighted by Gasteiger charge is 2.46. The molecule has 0 aliphatic carbocycles. The zero-order valence-electron chi connectivity index (χ0n) is 23.0. The molecule has 0 radical (unpaired) electrons. The SMILES string of the molecule is CCCCOc1cccc(C(O)=C2C(=O)C(=O)N(CCN3CCOCC3)C2c2ccc(C(C)(C)C)cc2)c1. The summed E-state index contributed by atoms with van der Waals surface area (Å²) in [4.78, 5) is 30.6. The largest absolute Gasteiger partial charge is 0.507 e. The summed E-state index contributed by atoms with van der Waals surface area (Å²) < 4.78 is 11.3. The fourth-order valence-corrected chi connectivity index (χ4v) is 4.92. The number of ether oxygens (including phenoxy) is 2. The van der Waals surface area contributed by atoms with E-state index in [4.69, 9.17) is 9.47 Å². The van der Waals surface area contributed by atoms with E-state index in [0.29, 0.717) is 44.2 Å². The standard InChI is InChI=1S/C31H40N2O5/c1-5-6-18-38-25-9-7-8-23(21-25)28(34)26-27(22-10-12-24(13-11-22)31(2,3)4)33(30(36)29(26)35)15-14-32-16-19-37-20-17-32/h7-13,21,27,34H,5-6,14-20H2,1-4H3. The summed E-state index contributed by atoms with van der Waals surface area (Å²) in [7, 11) is 0. The molecule has 4 rings (SSSR count). The second-order valence-corrected chi connectivity index (χ2v) is 11.0. The molecule has 1 amide bonds. The number of benzene rings is 2. The first-order valence-electron chi connectivity index (χ1n) is 13.6. The van der Waals surface area contributed by atoms with Gasteiger partial charge >= 0.3 is 0 Å². The van der Waals surface area contributed by atoms with Gasteiger partial charge in [0.15, 0.2) is 0 Å². The zero-order chi connectivity index (χ0) is 27.3. The van der Waals surface area contributed by atoms with Gasteiger partial charge < -0.3 is 19.5 Å². The van der Waals surface area contributed by atoms with Crippen LogP contribution in [0.5, 0.6) is 5.75 Å². The van der Waals surface area contributed by atoms with Crippen LogP contribution in [0.2, 0.25) is 0 Å². The van der Waals surface area contributed by atoms with Crippen LogP contribution in [0.4, 0.5) is 0 Å². The van der Waals surface area contributed by atoms with Gasteiger partial charge in [-0.3, -0.25) is 14.5 Å². The number of ketones is 1. The molecule has 2 fully saturated rings. The van der Waals surface area contributed by atoms with Gasteiger partial charge in [0.25, 0.3) is 11.7 Å². The van der Waals surface area contributed by atoms with Crippen molar-refractivity contribution in [2.45, 2.75) is 52.0 Å². The molecule has 2 heterocycles. The lowest BCUT2D eigenvalue weighted by Gasteiger charge is -2.31. The van der Waals surface area contributed by atoms with Crippen molar-refractivity contribution in [3.63, 3.8) is 0 Å². The summed E-state index contributed by atoms with van der Waals surface area (Å²) in [5.41, 5.74) is 2.50. The molecule has 7 nitrogen and oxygen atoms in total. The molecule has 7 heteroatoms. The predicted octanol–water partition coefficient (Wildman–Crippen LogP) is 4.92. The molecule has 2 aromatic rings. The van der Waals surface area contributed by atoms with E-state index in [0.717, 1.165) is 37.1 Å². The number of rotatable bonds is 9. The maximum Gasteiger partial charge on any atom is 0.295 e. The average Bonchev–Trinajstić information content (AvgIpc) is 3.17. The summed E-state index contributed by atoms with van der Waals surface area (Å²) >= 11 is 0. The lowest BCUT2D eigenvalue weighted by Crippen LogP contribution is -2.42. The highest BCUT2D eigenvalue weighted by molar-refractivity contribution is 6.46. The van der Waals surface area contributed by atoms with Crippen molar-refractivity contribution in [1.82, 2.24) is 9.80 Å². The van der Waals surface area contributed by atoms with Crippen LogP contribution in [0.3, 0.4) is 0 Å². The van der Waals surface area contributed by atoms with E-state index in [1.54, 1.807) is 23.1 Å². The van der Waals surface area contributed by atoms with E-state index in [-0.39, 0.29) is 16.7 Å². The number of amides is 1. The smallest absolute Gasteiger partial charge is 0.295 e. The molecule has 38 heavy (non-hydrogen) atoms. The first kappa shape index (κ1) is 27.9. The van der Waals surface area contributed by atoms with Crippen LogP contribution in [0.1, 0.15) is 63.3 Å². The molecule has 2 aromatic carbocycles. The fourth-order valence-electron chi connectivity index (χ4n) is 4.92. The van der Waals surface area contributed by atoms with Crippen LogP contribution in [0.15, 0.2) is 54.1 Å². The van der Waals surface area contributed by atoms with E-state index in [2.05, 4.69) is 32.6 Å². The van der Waals surface area contributed by atoms with Crippen LogP contribution < -0.4 is 4.74 Å². The molecule has 1 atom stereocenters. The normalized spacial score (nSPS) is 20.2. The zero-order valence-corrected chi connectivity index (χ0v) is 23.0. The highest BCUT2D eigenvalue weighted by Crippen LogP contribution is 2.40. The minimum absolute atomic E-state index is 0.0328. The molecular formula is C31H40N2O5. The molecule has 0 saturated carbocycles. The Kier molecular flexibility index (Phi) is 8.90. The van der Waals surface area contributed by atoms with Gasteiger partial charge in [-0.15, -0.1) is 0 Å². The van der Waals surface area contributed by atoms with E-state index in [1.165, 1.54) is 0 Å². The number of morpholine rings is 1. The maximum atomic E-state index is 13.4. The number of Topliss-reactive ketones (excluding diaryl/α,β-unsaturated/α-hetero) is 1. The number of hydrogen-bond acceptors (Lipinski definition) is 6. The predicted molar refractivity (Wildman–Crippen MR) is 148 cm³/mol. The number of carbonyl (C=O) groups is 2. The lowest BCUT2D eigenvalue weighted by molar-refractivity contribution is -0.140. The van der Waals surface area contributed by atoms with Gasteiger partial charge in [0.2, 0.25) is 0 Å². The maximum absolute atomic E-state index is 13.4. The van der Waals surface area contributed by atoms with Crippen molar-refractivity contribution in [2.24, 2.45) is 0 Å². The lowest BCUT2D eigenvalue weighted by atomic mass is 9.85. The molecule has 0 aromatic heterocycles. The monoisotopic (exact) mass is 520 g/mol. The third-order valence-corrected chi connectivity index (χ3v) is 7.27. The van der Waals surface area contributed by atoms with Crippen LogP contribution in [0, 0.1) is 0 Å². The van der Waals surface area contributed by atoms with Gasteiger partial charge in [0.1, 0.15) is 11.5 Å². The quantitative estimate of drug-likeness (QED) is 0.219. The van der Waals surface area contributed by atoms with Gasteiger partial charge in [0, 0.05) is 31.7 Å². The summed E-state index contributed by atoms with van der Waals surface area (Å²) in [6.45, 7) is 13.0. The number of unbranched alkanes of at least 4 members (excludes halogenated alkanes) is 1. The molecule has 0 bridgehead atoms. The first-order chi connectivity index (χ1) is 18.2. The number of likely N-dealkylation sites (tertiary alicyclic amines) is 1. The van der Waals surface area contributed by atoms with Crippen molar-refractivity contribution in [3.05, 3.63) is 70.8 Å². The Morgan fingerprint density at radius 2 is 1.76 bits per heavy atom. The molecule has 1 unspecified atom stereocenters. The van der Waals surface area contributed by atoms with Crippen LogP contribution in [0.25, 0.3) is 5.76 Å². The molecule has 2 saturated heterocycles. The molecule has 0 spiro atoms. The molecule has 1 N–H and O–H groups in total. The number of nitrogens with zero attached hydrogens (tertiary/aromatic N) is 2. The molecule has 2 aliphatic heterocycles. The minimum atomic E-state index is -0.672. The van der Waals surface area contributed by atoms with Crippen LogP contribution >= 0.6 is 0 Å². The minimum Gasteiger partial charge on any atom is -0.507 e. The molecular weight excluding hydrogens is 480 g/mol. The summed E-state index contributed by atoms with van der Waals surface area (Å²) in [6, 6.07) is 14.4. The van der Waals surface area contributed by atoms with Crippen molar-refractivity contribution < 1.29 is 24.2 Å². The first-order valence-corrected chi connectivity index (χ1v) is 13.6. The third-order valence-electron chi connectivity index (χ3n) is 7.27. The van der Waals surface area contributed by atoms with Crippen LogP contribution in [-0.2, 0) is 19.7 Å². The Morgan fingerprint density at radius 3 is 2.42 bits per heavy atom. The van der Waals surface area contributed by atoms with Crippen molar-refractivity contribution in [3.8, 4) is 5.75 Å². The highest BCUT2D eigenvalue weighted by atomic mass is 16.5. The average molecular weight is 521 g/mol. The summed E-state index contributed by atoms with van der Waals surface area (Å²) in [5, 5.41) is 11.5. The van der Waals surface area contributed by atoms with Crippen molar-refractivity contribution in [1.29, 1.82) is 0 Å². The summed E-state index contributed by atoms with van der Waals surface area (Å²) in [6.07, 6.45) is 1.94. The van der Waals surface area contributed by atoms with Gasteiger partial charge in [-0.1, -0.05) is 70.5 Å². The topological polar surface area (TPSA) is 79.3 Å². The van der Waals surface area contributed by atoms with E-state index >= 15 is 0 Å². The van der Waals surface area contributed by atoms with Gasteiger partial charge in [-0.25, -0.2) is 0 Å². The Bertz CT molecular complexity index is 1160. The molecule has 2 aliphatic rings. The van der Waals surface area contributed by atoms with Gasteiger partial charge in [0.05, 0.1) is 31.4 Å². The van der Waals surface area contributed by atoms with E-state index in [1.807, 2.05) is 30.3 Å². The van der Waals surface area contributed by atoms with E-state index < -0.39 is 17.7 Å². The number of aliphatic hydroxyl groups excluding tert-OH is 1. The second kappa shape index (κ2) is 12.1. The molecule has 204 valence electrons. The van der Waals surface area contributed by atoms with Crippen LogP contribution in [-0.4, -0.2) is 72.6 Å².